The Balaban J connectivity index is 2.33. The van der Waals surface area contributed by atoms with E-state index in [0.29, 0.717) is 0 Å². The van der Waals surface area contributed by atoms with Gasteiger partial charge in [0.05, 0.1) is 0 Å². The van der Waals surface area contributed by atoms with Gasteiger partial charge in [0.25, 0.3) is 5.91 Å². The van der Waals surface area contributed by atoms with Crippen molar-refractivity contribution in [2.75, 3.05) is 5.32 Å². The van der Waals surface area contributed by atoms with Gasteiger partial charge in [-0.3, -0.25) is 10.2 Å². The lowest BCUT2D eigenvalue weighted by Gasteiger charge is -2.15. The van der Waals surface area contributed by atoms with Crippen LogP contribution < -0.4 is 16.6 Å². The molecule has 1 atom stereocenters. The number of fused-ring (bicyclic) bond motifs is 1. The number of rotatable bonds is 3. The predicted octanol–water partition coefficient (Wildman–Crippen LogP) is 1.63. The molecule has 0 aliphatic rings. The van der Waals surface area contributed by atoms with Crippen LogP contribution in [-0.2, 0) is 4.79 Å². The summed E-state index contributed by atoms with van der Waals surface area (Å²) in [5.41, 5.74) is 3.06. The minimum atomic E-state index is -0.370. The largest absolute Gasteiger partial charge is 0.373 e. The van der Waals surface area contributed by atoms with Gasteiger partial charge in [-0.2, -0.15) is 0 Å². The van der Waals surface area contributed by atoms with E-state index in [1.54, 1.807) is 6.92 Å². The van der Waals surface area contributed by atoms with Crippen LogP contribution >= 0.6 is 0 Å². The van der Waals surface area contributed by atoms with Gasteiger partial charge in [-0.15, -0.1) is 0 Å². The lowest BCUT2D eigenvalue weighted by molar-refractivity contribution is -0.121. The van der Waals surface area contributed by atoms with E-state index in [-0.39, 0.29) is 11.9 Å². The van der Waals surface area contributed by atoms with Crippen LogP contribution in [-0.4, -0.2) is 11.9 Å². The summed E-state index contributed by atoms with van der Waals surface area (Å²) >= 11 is 0. The molecule has 0 radical (unpaired) electrons. The Hall–Kier alpha value is -2.07. The lowest BCUT2D eigenvalue weighted by Crippen LogP contribution is -2.41. The van der Waals surface area contributed by atoms with Gasteiger partial charge in [-0.25, -0.2) is 5.84 Å². The SMILES string of the molecule is C[C@H](Nc1cccc2ccccc12)C(=O)NN. The molecule has 0 aliphatic carbocycles. The topological polar surface area (TPSA) is 67.2 Å². The molecule has 0 heterocycles. The number of benzene rings is 2. The van der Waals surface area contributed by atoms with Crippen molar-refractivity contribution in [1.29, 1.82) is 0 Å². The van der Waals surface area contributed by atoms with Gasteiger partial charge in [0, 0.05) is 11.1 Å². The van der Waals surface area contributed by atoms with E-state index >= 15 is 0 Å². The molecular weight excluding hydrogens is 214 g/mol. The summed E-state index contributed by atoms with van der Waals surface area (Å²) in [5.74, 6) is 4.86. The van der Waals surface area contributed by atoms with Crippen LogP contribution in [0.3, 0.4) is 0 Å². The molecule has 4 N–H and O–H groups in total. The molecule has 0 aliphatic heterocycles. The first kappa shape index (κ1) is 11.4. The molecule has 4 nitrogen and oxygen atoms in total. The average Bonchev–Trinajstić information content (AvgIpc) is 2.38. The van der Waals surface area contributed by atoms with Gasteiger partial charge < -0.3 is 5.32 Å². The zero-order valence-electron chi connectivity index (χ0n) is 9.60. The van der Waals surface area contributed by atoms with Crippen LogP contribution in [0.1, 0.15) is 6.92 Å². The summed E-state index contributed by atoms with van der Waals surface area (Å²) < 4.78 is 0. The minimum absolute atomic E-state index is 0.238. The summed E-state index contributed by atoms with van der Waals surface area (Å²) in [6.07, 6.45) is 0. The Bertz CT molecular complexity index is 534. The molecule has 1 amide bonds. The van der Waals surface area contributed by atoms with Crippen molar-refractivity contribution in [3.05, 3.63) is 42.5 Å². The number of nitrogens with two attached hydrogens (primary N) is 1. The lowest BCUT2D eigenvalue weighted by atomic mass is 10.1. The highest BCUT2D eigenvalue weighted by Gasteiger charge is 2.11. The summed E-state index contributed by atoms with van der Waals surface area (Å²) in [4.78, 5) is 11.4. The fourth-order valence-electron chi connectivity index (χ4n) is 1.78. The van der Waals surface area contributed by atoms with Crippen LogP contribution in [0.2, 0.25) is 0 Å². The minimum Gasteiger partial charge on any atom is -0.373 e. The molecule has 2 rings (SSSR count). The maximum absolute atomic E-state index is 11.4. The molecule has 4 heteroatoms. The summed E-state index contributed by atoms with van der Waals surface area (Å²) in [7, 11) is 0. The third kappa shape index (κ3) is 2.37. The number of amides is 1. The number of hydrazine groups is 1. The molecule has 2 aromatic carbocycles. The van der Waals surface area contributed by atoms with Crippen molar-refractivity contribution in [2.45, 2.75) is 13.0 Å². The maximum Gasteiger partial charge on any atom is 0.256 e. The Morgan fingerprint density at radius 2 is 1.88 bits per heavy atom. The summed E-state index contributed by atoms with van der Waals surface area (Å²) in [6, 6.07) is 13.6. The van der Waals surface area contributed by atoms with Crippen molar-refractivity contribution in [2.24, 2.45) is 5.84 Å². The fourth-order valence-corrected chi connectivity index (χ4v) is 1.78. The highest BCUT2D eigenvalue weighted by atomic mass is 16.2. The number of hydrogen-bond acceptors (Lipinski definition) is 3. The van der Waals surface area contributed by atoms with E-state index in [1.165, 1.54) is 0 Å². The Kier molecular flexibility index (Phi) is 3.25. The number of carbonyl (C=O) groups excluding carboxylic acids is 1. The van der Waals surface area contributed by atoms with Crippen LogP contribution in [0.15, 0.2) is 42.5 Å². The molecule has 17 heavy (non-hydrogen) atoms. The Labute approximate surface area is 99.8 Å². The zero-order valence-corrected chi connectivity index (χ0v) is 9.60. The second kappa shape index (κ2) is 4.84. The molecule has 0 aromatic heterocycles. The molecular formula is C13H15N3O. The molecule has 0 saturated heterocycles. The highest BCUT2D eigenvalue weighted by molar-refractivity contribution is 5.95. The highest BCUT2D eigenvalue weighted by Crippen LogP contribution is 2.23. The second-order valence-corrected chi connectivity index (χ2v) is 3.90. The first-order chi connectivity index (χ1) is 8.22. The Morgan fingerprint density at radius 1 is 1.18 bits per heavy atom. The van der Waals surface area contributed by atoms with E-state index in [4.69, 9.17) is 5.84 Å². The van der Waals surface area contributed by atoms with E-state index in [0.717, 1.165) is 16.5 Å². The number of nitrogens with one attached hydrogen (secondary N) is 2. The molecule has 0 unspecified atom stereocenters. The van der Waals surface area contributed by atoms with Gasteiger partial charge in [-0.05, 0) is 18.4 Å². The normalized spacial score (nSPS) is 12.1. The van der Waals surface area contributed by atoms with Gasteiger partial charge in [-0.1, -0.05) is 36.4 Å². The van der Waals surface area contributed by atoms with Crippen molar-refractivity contribution < 1.29 is 4.79 Å². The molecule has 0 fully saturated rings. The molecule has 2 aromatic rings. The first-order valence-corrected chi connectivity index (χ1v) is 5.47. The smallest absolute Gasteiger partial charge is 0.256 e. The Morgan fingerprint density at radius 3 is 2.65 bits per heavy atom. The molecule has 0 saturated carbocycles. The average molecular weight is 229 g/mol. The number of hydrogen-bond donors (Lipinski definition) is 3. The van der Waals surface area contributed by atoms with Gasteiger partial charge >= 0.3 is 0 Å². The second-order valence-electron chi connectivity index (χ2n) is 3.90. The van der Waals surface area contributed by atoms with Crippen molar-refractivity contribution in [1.82, 2.24) is 5.43 Å². The van der Waals surface area contributed by atoms with Gasteiger partial charge in [0.15, 0.2) is 0 Å². The zero-order chi connectivity index (χ0) is 12.3. The fraction of sp³-hybridized carbons (Fsp3) is 0.154. The summed E-state index contributed by atoms with van der Waals surface area (Å²) in [5, 5.41) is 5.37. The summed E-state index contributed by atoms with van der Waals surface area (Å²) in [6.45, 7) is 1.77. The molecule has 0 spiro atoms. The van der Waals surface area contributed by atoms with Crippen molar-refractivity contribution in [3.8, 4) is 0 Å². The molecule has 88 valence electrons. The van der Waals surface area contributed by atoms with E-state index < -0.39 is 0 Å². The first-order valence-electron chi connectivity index (χ1n) is 5.47. The molecule has 0 bridgehead atoms. The monoisotopic (exact) mass is 229 g/mol. The van der Waals surface area contributed by atoms with Crippen LogP contribution in [0.5, 0.6) is 0 Å². The van der Waals surface area contributed by atoms with Crippen LogP contribution in [0.25, 0.3) is 10.8 Å². The van der Waals surface area contributed by atoms with E-state index in [1.807, 2.05) is 42.5 Å². The van der Waals surface area contributed by atoms with Crippen LogP contribution in [0, 0.1) is 0 Å². The van der Waals surface area contributed by atoms with Crippen LogP contribution in [0.4, 0.5) is 5.69 Å². The standard InChI is InChI=1S/C13H15N3O/c1-9(13(17)16-14)15-12-8-4-6-10-5-2-3-7-11(10)12/h2-9,15H,14H2,1H3,(H,16,17)/t9-/m0/s1. The third-order valence-corrected chi connectivity index (χ3v) is 2.70. The predicted molar refractivity (Wildman–Crippen MR) is 69.4 cm³/mol. The van der Waals surface area contributed by atoms with E-state index in [2.05, 4.69) is 10.7 Å². The number of carbonyl (C=O) groups is 1. The third-order valence-electron chi connectivity index (χ3n) is 2.70. The van der Waals surface area contributed by atoms with Crippen molar-refractivity contribution in [3.63, 3.8) is 0 Å². The van der Waals surface area contributed by atoms with Crippen molar-refractivity contribution >= 4 is 22.4 Å². The quantitative estimate of drug-likeness (QED) is 0.426. The number of anilines is 1. The van der Waals surface area contributed by atoms with Gasteiger partial charge in [0.2, 0.25) is 0 Å². The van der Waals surface area contributed by atoms with Gasteiger partial charge in [0.1, 0.15) is 6.04 Å². The van der Waals surface area contributed by atoms with E-state index in [9.17, 15) is 4.79 Å². The maximum atomic E-state index is 11.4.